The highest BCUT2D eigenvalue weighted by Gasteiger charge is 2.19. The number of phenols is 1. The molecule has 1 aliphatic rings. The van der Waals surface area contributed by atoms with E-state index in [-0.39, 0.29) is 5.75 Å². The van der Waals surface area contributed by atoms with Gasteiger partial charge in [-0.25, -0.2) is 0 Å². The fourth-order valence-corrected chi connectivity index (χ4v) is 3.98. The maximum atomic E-state index is 10.3. The van der Waals surface area contributed by atoms with Gasteiger partial charge in [-0.1, -0.05) is 54.1 Å². The van der Waals surface area contributed by atoms with E-state index in [1.807, 2.05) is 30.5 Å². The first-order chi connectivity index (χ1) is 13.6. The molecule has 0 aromatic heterocycles. The SMILES string of the molecule is Cc1ccc(C[NH+]2CCN(N=Cc3c(O)ccc4ccccc34)CC2)c(C)c1. The third kappa shape index (κ3) is 4.02. The predicted octanol–water partition coefficient (Wildman–Crippen LogP) is 2.90. The van der Waals surface area contributed by atoms with Crippen molar-refractivity contribution in [3.05, 3.63) is 76.9 Å². The summed E-state index contributed by atoms with van der Waals surface area (Å²) < 4.78 is 0. The summed E-state index contributed by atoms with van der Waals surface area (Å²) >= 11 is 0. The van der Waals surface area contributed by atoms with Crippen molar-refractivity contribution in [1.29, 1.82) is 0 Å². The minimum absolute atomic E-state index is 0.279. The summed E-state index contributed by atoms with van der Waals surface area (Å²) in [6.45, 7) is 9.45. The van der Waals surface area contributed by atoms with Gasteiger partial charge in [-0.2, -0.15) is 5.10 Å². The van der Waals surface area contributed by atoms with Gasteiger partial charge in [-0.15, -0.1) is 0 Å². The molecule has 4 nitrogen and oxygen atoms in total. The molecule has 144 valence electrons. The van der Waals surface area contributed by atoms with Crippen LogP contribution in [0.5, 0.6) is 5.75 Å². The molecule has 0 amide bonds. The van der Waals surface area contributed by atoms with Crippen LogP contribution in [-0.4, -0.2) is 42.5 Å². The molecule has 3 aromatic rings. The second-order valence-electron chi connectivity index (χ2n) is 7.77. The van der Waals surface area contributed by atoms with Crippen molar-refractivity contribution >= 4 is 17.0 Å². The van der Waals surface area contributed by atoms with E-state index in [4.69, 9.17) is 0 Å². The average molecular weight is 375 g/mol. The molecule has 0 saturated carbocycles. The van der Waals surface area contributed by atoms with Crippen LogP contribution in [0.4, 0.5) is 0 Å². The minimum atomic E-state index is 0.279. The molecule has 0 spiro atoms. The fourth-order valence-electron chi connectivity index (χ4n) is 3.98. The monoisotopic (exact) mass is 374 g/mol. The highest BCUT2D eigenvalue weighted by atomic mass is 16.3. The number of nitrogens with zero attached hydrogens (tertiary/aromatic N) is 2. The van der Waals surface area contributed by atoms with Crippen LogP contribution in [0.3, 0.4) is 0 Å². The van der Waals surface area contributed by atoms with Gasteiger partial charge >= 0.3 is 0 Å². The fraction of sp³-hybridized carbons (Fsp3) is 0.292. The van der Waals surface area contributed by atoms with Gasteiger partial charge in [0.15, 0.2) is 0 Å². The normalized spacial score (nSPS) is 15.6. The van der Waals surface area contributed by atoms with E-state index in [2.05, 4.69) is 48.2 Å². The lowest BCUT2D eigenvalue weighted by Crippen LogP contribution is -3.13. The Kier molecular flexibility index (Phi) is 5.31. The molecule has 1 heterocycles. The molecule has 4 heteroatoms. The first-order valence-corrected chi connectivity index (χ1v) is 9.99. The van der Waals surface area contributed by atoms with E-state index in [1.54, 1.807) is 11.0 Å². The molecule has 0 radical (unpaired) electrons. The molecule has 0 atom stereocenters. The van der Waals surface area contributed by atoms with Crippen LogP contribution in [0.1, 0.15) is 22.3 Å². The van der Waals surface area contributed by atoms with E-state index >= 15 is 0 Å². The summed E-state index contributed by atoms with van der Waals surface area (Å²) in [5.41, 5.74) is 4.95. The molecule has 0 unspecified atom stereocenters. The number of nitrogens with one attached hydrogen (secondary N) is 1. The molecular weight excluding hydrogens is 346 g/mol. The van der Waals surface area contributed by atoms with Crippen LogP contribution in [-0.2, 0) is 6.54 Å². The Bertz CT molecular complexity index is 1000. The number of hydrogen-bond donors (Lipinski definition) is 2. The highest BCUT2D eigenvalue weighted by molar-refractivity contribution is 6.02. The van der Waals surface area contributed by atoms with Crippen molar-refractivity contribution in [3.63, 3.8) is 0 Å². The molecule has 1 fully saturated rings. The molecule has 2 N–H and O–H groups in total. The van der Waals surface area contributed by atoms with Gasteiger partial charge in [-0.3, -0.25) is 5.01 Å². The van der Waals surface area contributed by atoms with Crippen LogP contribution in [0.15, 0.2) is 59.7 Å². The summed E-state index contributed by atoms with van der Waals surface area (Å²) in [7, 11) is 0. The number of aromatic hydroxyl groups is 1. The third-order valence-corrected chi connectivity index (χ3v) is 5.68. The second-order valence-corrected chi connectivity index (χ2v) is 7.77. The Hall–Kier alpha value is -2.85. The molecule has 0 bridgehead atoms. The Morgan fingerprint density at radius 1 is 1.04 bits per heavy atom. The van der Waals surface area contributed by atoms with Crippen molar-refractivity contribution < 1.29 is 10.0 Å². The number of fused-ring (bicyclic) bond motifs is 1. The number of hydrogen-bond acceptors (Lipinski definition) is 3. The molecule has 4 rings (SSSR count). The predicted molar refractivity (Wildman–Crippen MR) is 115 cm³/mol. The Morgan fingerprint density at radius 3 is 2.61 bits per heavy atom. The van der Waals surface area contributed by atoms with Crippen molar-refractivity contribution in [2.24, 2.45) is 5.10 Å². The van der Waals surface area contributed by atoms with Crippen molar-refractivity contribution in [2.45, 2.75) is 20.4 Å². The second kappa shape index (κ2) is 8.03. The Morgan fingerprint density at radius 2 is 1.82 bits per heavy atom. The van der Waals surface area contributed by atoms with E-state index in [0.717, 1.165) is 49.1 Å². The van der Waals surface area contributed by atoms with Gasteiger partial charge in [-0.05, 0) is 36.2 Å². The number of benzene rings is 3. The average Bonchev–Trinajstić information content (AvgIpc) is 2.70. The van der Waals surface area contributed by atoms with Gasteiger partial charge in [0.2, 0.25) is 0 Å². The summed E-state index contributed by atoms with van der Waals surface area (Å²) in [5.74, 6) is 0.279. The van der Waals surface area contributed by atoms with E-state index < -0.39 is 0 Å². The van der Waals surface area contributed by atoms with Crippen LogP contribution in [0.25, 0.3) is 10.8 Å². The first kappa shape index (κ1) is 18.5. The van der Waals surface area contributed by atoms with E-state index in [0.29, 0.717) is 0 Å². The molecule has 1 aliphatic heterocycles. The van der Waals surface area contributed by atoms with Crippen LogP contribution >= 0.6 is 0 Å². The number of rotatable bonds is 4. The lowest BCUT2D eigenvalue weighted by Gasteiger charge is -2.30. The maximum absolute atomic E-state index is 10.3. The van der Waals surface area contributed by atoms with Crippen molar-refractivity contribution in [1.82, 2.24) is 5.01 Å². The van der Waals surface area contributed by atoms with E-state index in [1.165, 1.54) is 16.7 Å². The molecule has 0 aliphatic carbocycles. The third-order valence-electron chi connectivity index (χ3n) is 5.68. The quantitative estimate of drug-likeness (QED) is 0.690. The Labute approximate surface area is 166 Å². The number of phenolic OH excluding ortho intramolecular Hbond substituents is 1. The number of piperazine rings is 1. The topological polar surface area (TPSA) is 40.3 Å². The highest BCUT2D eigenvalue weighted by Crippen LogP contribution is 2.25. The number of aryl methyl sites for hydroxylation is 2. The smallest absolute Gasteiger partial charge is 0.125 e. The maximum Gasteiger partial charge on any atom is 0.125 e. The summed E-state index contributed by atoms with van der Waals surface area (Å²) in [4.78, 5) is 1.60. The molecule has 3 aromatic carbocycles. The summed E-state index contributed by atoms with van der Waals surface area (Å²) in [6.07, 6.45) is 1.81. The van der Waals surface area contributed by atoms with Crippen LogP contribution in [0, 0.1) is 13.8 Å². The number of hydrazone groups is 1. The zero-order valence-electron chi connectivity index (χ0n) is 16.7. The first-order valence-electron chi connectivity index (χ1n) is 9.99. The Balaban J connectivity index is 1.40. The molecule has 1 saturated heterocycles. The van der Waals surface area contributed by atoms with Crippen LogP contribution < -0.4 is 4.90 Å². The number of quaternary nitrogens is 1. The van der Waals surface area contributed by atoms with Gasteiger partial charge in [0.05, 0.1) is 32.4 Å². The van der Waals surface area contributed by atoms with Crippen LogP contribution in [0.2, 0.25) is 0 Å². The van der Waals surface area contributed by atoms with Crippen molar-refractivity contribution in [2.75, 3.05) is 26.2 Å². The zero-order chi connectivity index (χ0) is 19.5. The lowest BCUT2D eigenvalue weighted by molar-refractivity contribution is -0.918. The van der Waals surface area contributed by atoms with Gasteiger partial charge in [0.25, 0.3) is 0 Å². The minimum Gasteiger partial charge on any atom is -0.507 e. The standard InChI is InChI=1S/C24H27N3O/c1-18-7-8-21(19(2)15-18)17-26-11-13-27(14-12-26)25-16-23-22-6-4-3-5-20(22)9-10-24(23)28/h3-10,15-16,28H,11-14,17H2,1-2H3/p+1. The largest absolute Gasteiger partial charge is 0.507 e. The van der Waals surface area contributed by atoms with Gasteiger partial charge in [0.1, 0.15) is 12.3 Å². The van der Waals surface area contributed by atoms with Gasteiger partial charge < -0.3 is 10.0 Å². The lowest BCUT2D eigenvalue weighted by atomic mass is 10.0. The molecule has 28 heavy (non-hydrogen) atoms. The zero-order valence-corrected chi connectivity index (χ0v) is 16.7. The van der Waals surface area contributed by atoms with E-state index in [9.17, 15) is 5.11 Å². The van der Waals surface area contributed by atoms with Gasteiger partial charge in [0, 0.05) is 11.1 Å². The summed E-state index contributed by atoms with van der Waals surface area (Å²) in [6, 6.07) is 18.5. The van der Waals surface area contributed by atoms with Crippen molar-refractivity contribution in [3.8, 4) is 5.75 Å². The summed E-state index contributed by atoms with van der Waals surface area (Å²) in [5, 5.41) is 19.2. The molecular formula is C24H28N3O+.